The zero-order valence-corrected chi connectivity index (χ0v) is 9.95. The molecule has 3 heteroatoms. The van der Waals surface area contributed by atoms with Crippen LogP contribution in [0.2, 0.25) is 5.02 Å². The first kappa shape index (κ1) is 11.0. The summed E-state index contributed by atoms with van der Waals surface area (Å²) in [5.41, 5.74) is 2.21. The minimum Gasteiger partial charge on any atom is -0.354 e. The van der Waals surface area contributed by atoms with Gasteiger partial charge in [0.1, 0.15) is 0 Å². The summed E-state index contributed by atoms with van der Waals surface area (Å²) in [6, 6.07) is 8.93. The minimum atomic E-state index is -0.0244. The molecule has 16 heavy (non-hydrogen) atoms. The van der Waals surface area contributed by atoms with E-state index in [4.69, 9.17) is 11.6 Å². The Balaban J connectivity index is 2.48. The molecule has 0 spiro atoms. The van der Waals surface area contributed by atoms with Crippen LogP contribution in [0.1, 0.15) is 21.6 Å². The van der Waals surface area contributed by atoms with Gasteiger partial charge >= 0.3 is 0 Å². The van der Waals surface area contributed by atoms with Crippen molar-refractivity contribution in [1.29, 1.82) is 0 Å². The van der Waals surface area contributed by atoms with Gasteiger partial charge in [-0.3, -0.25) is 4.79 Å². The summed E-state index contributed by atoms with van der Waals surface area (Å²) in [4.78, 5) is 12.2. The van der Waals surface area contributed by atoms with Gasteiger partial charge in [-0.15, -0.1) is 0 Å². The van der Waals surface area contributed by atoms with E-state index in [1.54, 1.807) is 12.1 Å². The lowest BCUT2D eigenvalue weighted by Crippen LogP contribution is -2.04. The van der Waals surface area contributed by atoms with Gasteiger partial charge in [0.15, 0.2) is 5.78 Å². The molecule has 0 fully saturated rings. The van der Waals surface area contributed by atoms with Crippen LogP contribution in [0.4, 0.5) is 0 Å². The maximum atomic E-state index is 12.2. The molecule has 0 aliphatic rings. The number of nitrogens with zero attached hydrogens (tertiary/aromatic N) is 1. The molecule has 0 aliphatic carbocycles. The van der Waals surface area contributed by atoms with Crippen molar-refractivity contribution >= 4 is 17.4 Å². The van der Waals surface area contributed by atoms with Gasteiger partial charge in [-0.2, -0.15) is 0 Å². The van der Waals surface area contributed by atoms with Crippen LogP contribution in [-0.2, 0) is 7.05 Å². The van der Waals surface area contributed by atoms with Gasteiger partial charge in [-0.25, -0.2) is 0 Å². The second-order valence-electron chi connectivity index (χ2n) is 3.73. The van der Waals surface area contributed by atoms with Crippen LogP contribution in [0.25, 0.3) is 0 Å². The summed E-state index contributed by atoms with van der Waals surface area (Å²) in [7, 11) is 1.92. The molecular formula is C13H12ClNO. The fraction of sp³-hybridized carbons (Fsp3) is 0.154. The van der Waals surface area contributed by atoms with Crippen LogP contribution < -0.4 is 0 Å². The summed E-state index contributed by atoms with van der Waals surface area (Å²) < 4.78 is 1.92. The lowest BCUT2D eigenvalue weighted by atomic mass is 10.0. The monoisotopic (exact) mass is 233 g/mol. The molecule has 1 aromatic carbocycles. The summed E-state index contributed by atoms with van der Waals surface area (Å²) in [6.07, 6.45) is 1.87. The second kappa shape index (κ2) is 4.14. The fourth-order valence-electron chi connectivity index (χ4n) is 1.64. The summed E-state index contributed by atoms with van der Waals surface area (Å²) in [5.74, 6) is -0.0244. The fourth-order valence-corrected chi connectivity index (χ4v) is 1.86. The van der Waals surface area contributed by atoms with Crippen molar-refractivity contribution in [2.45, 2.75) is 6.92 Å². The van der Waals surface area contributed by atoms with Crippen LogP contribution in [0.5, 0.6) is 0 Å². The summed E-state index contributed by atoms with van der Waals surface area (Å²) in [6.45, 7) is 1.92. The summed E-state index contributed by atoms with van der Waals surface area (Å²) >= 11 is 6.00. The highest BCUT2D eigenvalue weighted by Gasteiger charge is 2.15. The van der Waals surface area contributed by atoms with Gasteiger partial charge in [0.2, 0.25) is 0 Å². The molecule has 2 rings (SSSR count). The van der Waals surface area contributed by atoms with Gasteiger partial charge < -0.3 is 4.57 Å². The highest BCUT2D eigenvalue weighted by Crippen LogP contribution is 2.21. The molecule has 2 aromatic rings. The number of aryl methyl sites for hydroxylation is 1. The van der Waals surface area contributed by atoms with E-state index in [9.17, 15) is 4.79 Å². The van der Waals surface area contributed by atoms with E-state index in [1.807, 2.05) is 42.9 Å². The number of benzene rings is 1. The van der Waals surface area contributed by atoms with E-state index in [1.165, 1.54) is 0 Å². The molecule has 82 valence electrons. The van der Waals surface area contributed by atoms with Crippen LogP contribution in [0, 0.1) is 6.92 Å². The highest BCUT2D eigenvalue weighted by molar-refractivity contribution is 6.35. The molecule has 1 heterocycles. The second-order valence-corrected chi connectivity index (χ2v) is 4.14. The van der Waals surface area contributed by atoms with Gasteiger partial charge in [0, 0.05) is 30.1 Å². The first-order valence-electron chi connectivity index (χ1n) is 5.02. The number of carbonyl (C=O) groups is 1. The number of hydrogen-bond donors (Lipinski definition) is 0. The predicted molar refractivity (Wildman–Crippen MR) is 65.0 cm³/mol. The van der Waals surface area contributed by atoms with E-state index < -0.39 is 0 Å². The third-order valence-electron chi connectivity index (χ3n) is 2.75. The number of aromatic nitrogens is 1. The number of ketones is 1. The Hall–Kier alpha value is -1.54. The van der Waals surface area contributed by atoms with Crippen molar-refractivity contribution in [2.24, 2.45) is 7.05 Å². The molecule has 1 aromatic heterocycles. The van der Waals surface area contributed by atoms with E-state index in [0.717, 1.165) is 5.69 Å². The van der Waals surface area contributed by atoms with Crippen LogP contribution in [0.3, 0.4) is 0 Å². The number of rotatable bonds is 2. The molecule has 0 N–H and O–H groups in total. The zero-order chi connectivity index (χ0) is 11.7. The predicted octanol–water partition coefficient (Wildman–Crippen LogP) is 3.22. The number of carbonyl (C=O) groups excluding carboxylic acids is 1. The van der Waals surface area contributed by atoms with Crippen molar-refractivity contribution in [1.82, 2.24) is 4.57 Å². The minimum absolute atomic E-state index is 0.0244. The molecular weight excluding hydrogens is 222 g/mol. The lowest BCUT2D eigenvalue weighted by Gasteiger charge is -2.03. The standard InChI is InChI=1S/C13H12ClNO/c1-9-10(7-8-15(9)2)13(16)11-5-3-4-6-12(11)14/h3-8H,1-2H3. The maximum Gasteiger partial charge on any atom is 0.196 e. The Morgan fingerprint density at radius 2 is 1.88 bits per heavy atom. The Morgan fingerprint density at radius 3 is 2.44 bits per heavy atom. The van der Waals surface area contributed by atoms with Crippen LogP contribution in [0.15, 0.2) is 36.5 Å². The Bertz CT molecular complexity index is 543. The Labute approximate surface area is 99.5 Å². The molecule has 2 nitrogen and oxygen atoms in total. The highest BCUT2D eigenvalue weighted by atomic mass is 35.5. The molecule has 0 amide bonds. The molecule has 0 atom stereocenters. The van der Waals surface area contributed by atoms with Crippen molar-refractivity contribution in [3.8, 4) is 0 Å². The average Bonchev–Trinajstić information content (AvgIpc) is 2.60. The molecule has 0 bridgehead atoms. The van der Waals surface area contributed by atoms with Crippen molar-refractivity contribution in [3.63, 3.8) is 0 Å². The van der Waals surface area contributed by atoms with Crippen LogP contribution >= 0.6 is 11.6 Å². The van der Waals surface area contributed by atoms with Crippen molar-refractivity contribution in [3.05, 3.63) is 58.4 Å². The zero-order valence-electron chi connectivity index (χ0n) is 9.20. The first-order valence-corrected chi connectivity index (χ1v) is 5.40. The van der Waals surface area contributed by atoms with E-state index in [-0.39, 0.29) is 5.78 Å². The smallest absolute Gasteiger partial charge is 0.196 e. The van der Waals surface area contributed by atoms with Crippen LogP contribution in [-0.4, -0.2) is 10.4 Å². The largest absolute Gasteiger partial charge is 0.354 e. The van der Waals surface area contributed by atoms with Gasteiger partial charge in [0.05, 0.1) is 5.02 Å². The van der Waals surface area contributed by atoms with Gasteiger partial charge in [-0.1, -0.05) is 23.7 Å². The third kappa shape index (κ3) is 1.76. The van der Waals surface area contributed by atoms with Gasteiger partial charge in [0.25, 0.3) is 0 Å². The Kier molecular flexibility index (Phi) is 2.84. The first-order chi connectivity index (χ1) is 7.61. The molecule has 0 radical (unpaired) electrons. The maximum absolute atomic E-state index is 12.2. The van der Waals surface area contributed by atoms with Crippen molar-refractivity contribution < 1.29 is 4.79 Å². The Morgan fingerprint density at radius 1 is 1.19 bits per heavy atom. The van der Waals surface area contributed by atoms with E-state index >= 15 is 0 Å². The quantitative estimate of drug-likeness (QED) is 0.730. The van der Waals surface area contributed by atoms with Crippen molar-refractivity contribution in [2.75, 3.05) is 0 Å². The molecule has 0 unspecified atom stereocenters. The topological polar surface area (TPSA) is 22.0 Å². The van der Waals surface area contributed by atoms with E-state index in [0.29, 0.717) is 16.1 Å². The molecule has 0 saturated heterocycles. The third-order valence-corrected chi connectivity index (χ3v) is 3.08. The molecule has 0 saturated carbocycles. The normalized spacial score (nSPS) is 10.4. The average molecular weight is 234 g/mol. The lowest BCUT2D eigenvalue weighted by molar-refractivity contribution is 0.103. The molecule has 0 aliphatic heterocycles. The number of halogens is 1. The SMILES string of the molecule is Cc1c(C(=O)c2ccccc2Cl)ccn1C. The van der Waals surface area contributed by atoms with E-state index in [2.05, 4.69) is 0 Å². The summed E-state index contributed by atoms with van der Waals surface area (Å²) in [5, 5.41) is 0.496. The number of hydrogen-bond acceptors (Lipinski definition) is 1. The van der Waals surface area contributed by atoms with Gasteiger partial charge in [-0.05, 0) is 25.1 Å².